The highest BCUT2D eigenvalue weighted by Gasteiger charge is 2.25. The second-order valence-corrected chi connectivity index (χ2v) is 12.6. The zero-order valence-electron chi connectivity index (χ0n) is 15.7. The lowest BCUT2D eigenvalue weighted by atomic mass is 9.91. The fraction of sp³-hybridized carbons (Fsp3) is 0.529. The smallest absolute Gasteiger partial charge is 0.274 e. The van der Waals surface area contributed by atoms with Gasteiger partial charge in [0, 0.05) is 11.2 Å². The van der Waals surface area contributed by atoms with Crippen LogP contribution in [0.15, 0.2) is 29.4 Å². The highest BCUT2D eigenvalue weighted by molar-refractivity contribution is 8.68. The normalized spacial score (nSPS) is 12.9. The van der Waals surface area contributed by atoms with Crippen molar-refractivity contribution in [1.82, 2.24) is 5.43 Å². The number of amides is 1. The third-order valence-electron chi connectivity index (χ3n) is 3.21. The summed E-state index contributed by atoms with van der Waals surface area (Å²) in [5, 5.41) is 4.23. The van der Waals surface area contributed by atoms with Crippen molar-refractivity contribution >= 4 is 40.5 Å². The Morgan fingerprint density at radius 2 is 1.85 bits per heavy atom. The summed E-state index contributed by atoms with van der Waals surface area (Å²) in [6.45, 7) is 10.6. The van der Waals surface area contributed by atoms with Crippen molar-refractivity contribution in [1.29, 1.82) is 0 Å². The average molecular weight is 421 g/mol. The second kappa shape index (κ2) is 10.5. The summed E-state index contributed by atoms with van der Waals surface area (Å²) in [5.74, 6) is -0.739. The van der Waals surface area contributed by atoms with Crippen LogP contribution in [0, 0.1) is 11.2 Å². The molecule has 5 nitrogen and oxygen atoms in total. The number of nitrogens with one attached hydrogen (secondary N) is 1. The Bertz CT molecular complexity index is 683. The van der Waals surface area contributed by atoms with Gasteiger partial charge in [0.1, 0.15) is 5.82 Å². The fourth-order valence-corrected chi connectivity index (χ4v) is 6.47. The lowest BCUT2D eigenvalue weighted by Gasteiger charge is -2.25. The summed E-state index contributed by atoms with van der Waals surface area (Å²) in [6.07, 6.45) is 0. The molecule has 1 rings (SSSR count). The molecule has 1 aromatic rings. The summed E-state index contributed by atoms with van der Waals surface area (Å²) >= 11 is 6.89. The van der Waals surface area contributed by atoms with E-state index in [1.165, 1.54) is 29.6 Å². The molecule has 0 saturated carbocycles. The van der Waals surface area contributed by atoms with E-state index in [0.29, 0.717) is 24.7 Å². The molecule has 0 fully saturated rings. The molecular weight excluding hydrogens is 394 g/mol. The number of benzene rings is 1. The lowest BCUT2D eigenvalue weighted by molar-refractivity contribution is 0.0950. The van der Waals surface area contributed by atoms with Crippen molar-refractivity contribution in [2.24, 2.45) is 10.5 Å². The van der Waals surface area contributed by atoms with Crippen LogP contribution in [-0.4, -0.2) is 30.6 Å². The van der Waals surface area contributed by atoms with E-state index in [2.05, 4.69) is 10.5 Å². The van der Waals surface area contributed by atoms with E-state index < -0.39 is 17.4 Å². The largest absolute Gasteiger partial charge is 0.322 e. The monoisotopic (exact) mass is 420 g/mol. The Morgan fingerprint density at radius 3 is 2.35 bits per heavy atom. The molecule has 0 spiro atoms. The Kier molecular flexibility index (Phi) is 9.41. The molecule has 0 aliphatic carbocycles. The molecule has 0 saturated heterocycles. The first-order valence-corrected chi connectivity index (χ1v) is 12.5. The van der Waals surface area contributed by atoms with Crippen LogP contribution in [0.25, 0.3) is 0 Å². The molecule has 26 heavy (non-hydrogen) atoms. The van der Waals surface area contributed by atoms with E-state index >= 15 is 0 Å². The van der Waals surface area contributed by atoms with Gasteiger partial charge in [-0.3, -0.25) is 4.79 Å². The Balaban J connectivity index is 2.90. The molecular formula is C17H26FN2O3PS2. The molecule has 0 unspecified atom stereocenters. The molecule has 1 aromatic carbocycles. The molecule has 0 radical (unpaired) electrons. The first-order valence-electron chi connectivity index (χ1n) is 8.28. The van der Waals surface area contributed by atoms with Crippen molar-refractivity contribution in [2.75, 3.05) is 19.0 Å². The van der Waals surface area contributed by atoms with Gasteiger partial charge in [-0.05, 0) is 37.8 Å². The van der Waals surface area contributed by atoms with Crippen LogP contribution in [0.1, 0.15) is 45.0 Å². The quantitative estimate of drug-likeness (QED) is 0.347. The Labute approximate surface area is 164 Å². The number of halogens is 1. The number of carbonyl (C=O) groups excluding carboxylic acids is 1. The maximum absolute atomic E-state index is 13.7. The zero-order chi connectivity index (χ0) is 19.8. The standard InChI is InChI=1S/C17H26FN2O3PS2/c1-6-22-24(25,23-7-2)26-12-15(17(3,4)5)19-20-16(21)13-10-8-9-11-14(13)18/h8-11H,6-7,12H2,1-5H3,(H,20,21)/b19-15+. The van der Waals surface area contributed by atoms with Crippen LogP contribution in [0.2, 0.25) is 0 Å². The van der Waals surface area contributed by atoms with E-state index in [9.17, 15) is 9.18 Å². The first-order chi connectivity index (χ1) is 12.1. The third-order valence-corrected chi connectivity index (χ3v) is 8.63. The molecule has 1 amide bonds. The van der Waals surface area contributed by atoms with Gasteiger partial charge in [0.15, 0.2) is 0 Å². The van der Waals surface area contributed by atoms with E-state index in [0.717, 1.165) is 0 Å². The van der Waals surface area contributed by atoms with E-state index in [1.807, 2.05) is 34.6 Å². The molecule has 0 aliphatic rings. The fourth-order valence-electron chi connectivity index (χ4n) is 1.81. The van der Waals surface area contributed by atoms with E-state index in [1.54, 1.807) is 6.07 Å². The summed E-state index contributed by atoms with van der Waals surface area (Å²) in [4.78, 5) is 12.2. The minimum Gasteiger partial charge on any atom is -0.322 e. The van der Waals surface area contributed by atoms with Gasteiger partial charge in [-0.25, -0.2) is 9.82 Å². The van der Waals surface area contributed by atoms with E-state index in [4.69, 9.17) is 20.9 Å². The molecule has 0 aromatic heterocycles. The molecule has 1 N–H and O–H groups in total. The number of carbonyl (C=O) groups is 1. The topological polar surface area (TPSA) is 59.9 Å². The highest BCUT2D eigenvalue weighted by Crippen LogP contribution is 2.61. The summed E-state index contributed by atoms with van der Waals surface area (Å²) in [5.41, 5.74) is 0.327. The molecule has 146 valence electrons. The second-order valence-electron chi connectivity index (χ2n) is 6.29. The van der Waals surface area contributed by atoms with Gasteiger partial charge in [-0.2, -0.15) is 5.10 Å². The van der Waals surface area contributed by atoms with Gasteiger partial charge in [-0.15, -0.1) is 0 Å². The first kappa shape index (κ1) is 23.2. The highest BCUT2D eigenvalue weighted by atomic mass is 32.9. The van der Waals surface area contributed by atoms with Crippen LogP contribution in [0.5, 0.6) is 0 Å². The summed E-state index contributed by atoms with van der Waals surface area (Å²) in [7, 11) is 0. The predicted octanol–water partition coefficient (Wildman–Crippen LogP) is 4.99. The number of rotatable bonds is 9. The Hall–Kier alpha value is -0.790. The predicted molar refractivity (Wildman–Crippen MR) is 111 cm³/mol. The number of hydrazone groups is 1. The summed E-state index contributed by atoms with van der Waals surface area (Å²) < 4.78 is 25.0. The van der Waals surface area contributed by atoms with Gasteiger partial charge >= 0.3 is 0 Å². The van der Waals surface area contributed by atoms with Crippen LogP contribution in [-0.2, 0) is 20.9 Å². The average Bonchev–Trinajstić information content (AvgIpc) is 2.54. The number of hydrogen-bond donors (Lipinski definition) is 1. The van der Waals surface area contributed by atoms with Crippen LogP contribution in [0.3, 0.4) is 0 Å². The van der Waals surface area contributed by atoms with Gasteiger partial charge in [0.2, 0.25) is 5.69 Å². The van der Waals surface area contributed by atoms with Gasteiger partial charge in [0.25, 0.3) is 5.91 Å². The zero-order valence-corrected chi connectivity index (χ0v) is 18.3. The third kappa shape index (κ3) is 7.45. The SMILES string of the molecule is CCOP(=S)(OCC)SC/C(=N\NC(=O)c1ccccc1F)C(C)(C)C. The van der Waals surface area contributed by atoms with Crippen molar-refractivity contribution in [3.05, 3.63) is 35.6 Å². The van der Waals surface area contributed by atoms with E-state index in [-0.39, 0.29) is 11.0 Å². The number of hydrogen-bond acceptors (Lipinski definition) is 6. The molecule has 0 bridgehead atoms. The molecule has 0 heterocycles. The van der Waals surface area contributed by atoms with Gasteiger partial charge in [-0.1, -0.05) is 44.3 Å². The van der Waals surface area contributed by atoms with Crippen molar-refractivity contribution in [3.8, 4) is 0 Å². The summed E-state index contributed by atoms with van der Waals surface area (Å²) in [6, 6.07) is 5.78. The van der Waals surface area contributed by atoms with Crippen molar-refractivity contribution < 1.29 is 18.2 Å². The van der Waals surface area contributed by atoms with Crippen molar-refractivity contribution in [3.63, 3.8) is 0 Å². The van der Waals surface area contributed by atoms with Gasteiger partial charge in [0.05, 0.1) is 24.5 Å². The van der Waals surface area contributed by atoms with Crippen LogP contribution < -0.4 is 5.43 Å². The minimum absolute atomic E-state index is 0.0501. The maximum atomic E-state index is 13.7. The Morgan fingerprint density at radius 1 is 1.27 bits per heavy atom. The van der Waals surface area contributed by atoms with Crippen molar-refractivity contribution in [2.45, 2.75) is 34.6 Å². The minimum atomic E-state index is -2.46. The van der Waals surface area contributed by atoms with Gasteiger partial charge < -0.3 is 9.05 Å². The van der Waals surface area contributed by atoms with Crippen LogP contribution >= 0.6 is 17.1 Å². The molecule has 9 heteroatoms. The molecule has 0 aliphatic heterocycles. The maximum Gasteiger partial charge on any atom is 0.274 e. The number of nitrogens with zero attached hydrogens (tertiary/aromatic N) is 1. The molecule has 0 atom stereocenters. The van der Waals surface area contributed by atoms with Crippen LogP contribution in [0.4, 0.5) is 4.39 Å². The lowest BCUT2D eigenvalue weighted by Crippen LogP contribution is -2.28.